The van der Waals surface area contributed by atoms with Gasteiger partial charge in [-0.25, -0.2) is 4.79 Å². The first-order valence-electron chi connectivity index (χ1n) is 7.44. The standard InChI is InChI=1S/C20H15ClO3/c21-18-12-16(24-13-14-7-3-1-4-8-14)11-17(19(18)20(22)23)15-9-5-2-6-10-15/h1-12H,13H2,(H,22,23). The van der Waals surface area contributed by atoms with E-state index in [1.807, 2.05) is 60.7 Å². The first kappa shape index (κ1) is 16.1. The molecule has 1 N–H and O–H groups in total. The summed E-state index contributed by atoms with van der Waals surface area (Å²) in [6, 6.07) is 22.3. The summed E-state index contributed by atoms with van der Waals surface area (Å²) in [4.78, 5) is 11.6. The molecule has 120 valence electrons. The van der Waals surface area contributed by atoms with Crippen molar-refractivity contribution in [2.45, 2.75) is 6.61 Å². The molecule has 0 aliphatic heterocycles. The molecular formula is C20H15ClO3. The molecule has 0 aliphatic rings. The van der Waals surface area contributed by atoms with Crippen molar-refractivity contribution in [1.82, 2.24) is 0 Å². The molecule has 3 rings (SSSR count). The Bertz CT molecular complexity index is 846. The van der Waals surface area contributed by atoms with Crippen LogP contribution in [0, 0.1) is 0 Å². The Morgan fingerprint density at radius 1 is 0.958 bits per heavy atom. The van der Waals surface area contributed by atoms with Gasteiger partial charge in [0, 0.05) is 5.56 Å². The van der Waals surface area contributed by atoms with Crippen LogP contribution in [0.1, 0.15) is 15.9 Å². The average molecular weight is 339 g/mol. The highest BCUT2D eigenvalue weighted by Crippen LogP contribution is 2.34. The van der Waals surface area contributed by atoms with E-state index in [0.717, 1.165) is 11.1 Å². The van der Waals surface area contributed by atoms with Gasteiger partial charge in [0.15, 0.2) is 0 Å². The lowest BCUT2D eigenvalue weighted by molar-refractivity contribution is 0.0698. The molecule has 0 atom stereocenters. The minimum absolute atomic E-state index is 0.0786. The molecule has 0 heterocycles. The fraction of sp³-hybridized carbons (Fsp3) is 0.0500. The first-order valence-corrected chi connectivity index (χ1v) is 7.82. The van der Waals surface area contributed by atoms with Gasteiger partial charge >= 0.3 is 5.97 Å². The summed E-state index contributed by atoms with van der Waals surface area (Å²) in [5.74, 6) is -0.527. The quantitative estimate of drug-likeness (QED) is 0.688. The maximum Gasteiger partial charge on any atom is 0.337 e. The predicted molar refractivity (Wildman–Crippen MR) is 94.6 cm³/mol. The SMILES string of the molecule is O=C(O)c1c(Cl)cc(OCc2ccccc2)cc1-c1ccccc1. The average Bonchev–Trinajstić information content (AvgIpc) is 2.60. The van der Waals surface area contributed by atoms with Crippen LogP contribution in [0.2, 0.25) is 5.02 Å². The van der Waals surface area contributed by atoms with Crippen molar-refractivity contribution >= 4 is 17.6 Å². The smallest absolute Gasteiger partial charge is 0.337 e. The Morgan fingerprint density at radius 3 is 2.21 bits per heavy atom. The van der Waals surface area contributed by atoms with Crippen molar-refractivity contribution in [1.29, 1.82) is 0 Å². The molecule has 0 bridgehead atoms. The van der Waals surface area contributed by atoms with Crippen molar-refractivity contribution in [2.24, 2.45) is 0 Å². The number of ether oxygens (including phenoxy) is 1. The summed E-state index contributed by atoms with van der Waals surface area (Å²) < 4.78 is 5.79. The molecule has 0 unspecified atom stereocenters. The number of hydrogen-bond acceptors (Lipinski definition) is 2. The largest absolute Gasteiger partial charge is 0.489 e. The number of benzene rings is 3. The summed E-state index contributed by atoms with van der Waals surface area (Å²) in [5, 5.41) is 9.64. The van der Waals surface area contributed by atoms with Gasteiger partial charge in [-0.3, -0.25) is 0 Å². The van der Waals surface area contributed by atoms with Gasteiger partial charge in [0.25, 0.3) is 0 Å². The van der Waals surface area contributed by atoms with Gasteiger partial charge in [0.2, 0.25) is 0 Å². The molecule has 3 aromatic carbocycles. The lowest BCUT2D eigenvalue weighted by Gasteiger charge is -2.13. The lowest BCUT2D eigenvalue weighted by Crippen LogP contribution is -2.03. The number of rotatable bonds is 5. The third kappa shape index (κ3) is 3.58. The second kappa shape index (κ2) is 7.20. The fourth-order valence-electron chi connectivity index (χ4n) is 2.47. The molecule has 0 fully saturated rings. The number of carboxylic acids is 1. The fourth-order valence-corrected chi connectivity index (χ4v) is 2.76. The summed E-state index contributed by atoms with van der Waals surface area (Å²) in [6.07, 6.45) is 0. The predicted octanol–water partition coefficient (Wildman–Crippen LogP) is 5.28. The molecule has 24 heavy (non-hydrogen) atoms. The maximum absolute atomic E-state index is 11.6. The highest BCUT2D eigenvalue weighted by Gasteiger charge is 2.18. The minimum atomic E-state index is -1.06. The molecule has 4 heteroatoms. The van der Waals surface area contributed by atoms with Gasteiger partial charge in [-0.15, -0.1) is 0 Å². The van der Waals surface area contributed by atoms with E-state index in [0.29, 0.717) is 17.9 Å². The van der Waals surface area contributed by atoms with Gasteiger partial charge in [-0.05, 0) is 23.3 Å². The van der Waals surface area contributed by atoms with Gasteiger partial charge < -0.3 is 9.84 Å². The Kier molecular flexibility index (Phi) is 4.82. The lowest BCUT2D eigenvalue weighted by atomic mass is 9.99. The van der Waals surface area contributed by atoms with Gasteiger partial charge in [-0.1, -0.05) is 72.3 Å². The molecule has 3 nitrogen and oxygen atoms in total. The Labute approximate surface area is 145 Å². The van der Waals surface area contributed by atoms with Crippen molar-refractivity contribution in [3.8, 4) is 16.9 Å². The van der Waals surface area contributed by atoms with Crippen LogP contribution in [0.3, 0.4) is 0 Å². The van der Waals surface area contributed by atoms with Crippen LogP contribution in [0.5, 0.6) is 5.75 Å². The molecule has 0 saturated carbocycles. The Hall–Kier alpha value is -2.78. The molecule has 0 radical (unpaired) electrons. The van der Waals surface area contributed by atoms with E-state index in [2.05, 4.69) is 0 Å². The van der Waals surface area contributed by atoms with Gasteiger partial charge in [-0.2, -0.15) is 0 Å². The minimum Gasteiger partial charge on any atom is -0.489 e. The van der Waals surface area contributed by atoms with Crippen molar-refractivity contribution < 1.29 is 14.6 Å². The van der Waals surface area contributed by atoms with Gasteiger partial charge in [0.1, 0.15) is 12.4 Å². The Morgan fingerprint density at radius 2 is 1.58 bits per heavy atom. The number of aromatic carboxylic acids is 1. The molecule has 0 spiro atoms. The summed E-state index contributed by atoms with van der Waals surface area (Å²) in [6.45, 7) is 0.387. The normalized spacial score (nSPS) is 10.4. The zero-order valence-corrected chi connectivity index (χ0v) is 13.5. The zero-order chi connectivity index (χ0) is 16.9. The Balaban J connectivity index is 1.97. The van der Waals surface area contributed by atoms with Crippen LogP contribution >= 0.6 is 11.6 Å². The number of carboxylic acid groups (broad SMARTS) is 1. The first-order chi connectivity index (χ1) is 11.6. The van der Waals surface area contributed by atoms with E-state index in [1.54, 1.807) is 12.1 Å². The highest BCUT2D eigenvalue weighted by atomic mass is 35.5. The highest BCUT2D eigenvalue weighted by molar-refractivity contribution is 6.34. The van der Waals surface area contributed by atoms with E-state index in [4.69, 9.17) is 16.3 Å². The third-order valence-electron chi connectivity index (χ3n) is 3.61. The molecular weight excluding hydrogens is 324 g/mol. The molecule has 3 aromatic rings. The second-order valence-electron chi connectivity index (χ2n) is 5.27. The summed E-state index contributed by atoms with van der Waals surface area (Å²) in [5.41, 5.74) is 2.42. The van der Waals surface area contributed by atoms with Crippen LogP contribution in [-0.2, 0) is 6.61 Å². The van der Waals surface area contributed by atoms with Crippen molar-refractivity contribution in [2.75, 3.05) is 0 Å². The van der Waals surface area contributed by atoms with Crippen LogP contribution in [0.4, 0.5) is 0 Å². The third-order valence-corrected chi connectivity index (χ3v) is 3.91. The summed E-state index contributed by atoms with van der Waals surface area (Å²) in [7, 11) is 0. The summed E-state index contributed by atoms with van der Waals surface area (Å²) >= 11 is 6.20. The van der Waals surface area contributed by atoms with Gasteiger partial charge in [0.05, 0.1) is 10.6 Å². The number of carbonyl (C=O) groups is 1. The van der Waals surface area contributed by atoms with Crippen LogP contribution in [0.15, 0.2) is 72.8 Å². The van der Waals surface area contributed by atoms with E-state index in [-0.39, 0.29) is 10.6 Å². The number of hydrogen-bond donors (Lipinski definition) is 1. The monoisotopic (exact) mass is 338 g/mol. The van der Waals surface area contributed by atoms with E-state index in [1.165, 1.54) is 0 Å². The van der Waals surface area contributed by atoms with E-state index < -0.39 is 5.97 Å². The molecule has 0 saturated heterocycles. The zero-order valence-electron chi connectivity index (χ0n) is 12.8. The van der Waals surface area contributed by atoms with E-state index in [9.17, 15) is 9.90 Å². The molecule has 0 amide bonds. The van der Waals surface area contributed by atoms with Crippen LogP contribution in [-0.4, -0.2) is 11.1 Å². The van der Waals surface area contributed by atoms with Crippen LogP contribution < -0.4 is 4.74 Å². The maximum atomic E-state index is 11.6. The topological polar surface area (TPSA) is 46.5 Å². The van der Waals surface area contributed by atoms with Crippen LogP contribution in [0.25, 0.3) is 11.1 Å². The molecule has 0 aliphatic carbocycles. The number of halogens is 1. The van der Waals surface area contributed by atoms with Crippen molar-refractivity contribution in [3.63, 3.8) is 0 Å². The molecule has 0 aromatic heterocycles. The second-order valence-corrected chi connectivity index (χ2v) is 5.68. The van der Waals surface area contributed by atoms with E-state index >= 15 is 0 Å². The van der Waals surface area contributed by atoms with Crippen molar-refractivity contribution in [3.05, 3.63) is 88.9 Å².